The van der Waals surface area contributed by atoms with E-state index >= 15 is 0 Å². The first-order valence-corrected chi connectivity index (χ1v) is 8.57. The first-order chi connectivity index (χ1) is 12.7. The van der Waals surface area contributed by atoms with E-state index < -0.39 is 5.91 Å². The molecule has 1 aliphatic rings. The Morgan fingerprint density at radius 2 is 2.12 bits per heavy atom. The molecule has 0 aromatic carbocycles. The molecule has 0 atom stereocenters. The molecule has 0 bridgehead atoms. The number of amides is 1. The molecule has 1 amide bonds. The van der Waals surface area contributed by atoms with E-state index in [0.717, 1.165) is 30.2 Å². The molecule has 0 saturated carbocycles. The molecule has 134 valence electrons. The Morgan fingerprint density at radius 3 is 2.88 bits per heavy atom. The number of furan rings is 1. The highest BCUT2D eigenvalue weighted by Crippen LogP contribution is 2.23. The highest BCUT2D eigenvalue weighted by atomic mass is 16.5. The number of rotatable bonds is 5. The van der Waals surface area contributed by atoms with Crippen LogP contribution >= 0.6 is 0 Å². The van der Waals surface area contributed by atoms with Crippen LogP contribution in [0.3, 0.4) is 0 Å². The molecule has 0 unspecified atom stereocenters. The Morgan fingerprint density at radius 1 is 1.27 bits per heavy atom. The fourth-order valence-corrected chi connectivity index (χ4v) is 2.93. The van der Waals surface area contributed by atoms with Crippen LogP contribution in [0.1, 0.15) is 35.0 Å². The van der Waals surface area contributed by atoms with Crippen LogP contribution in [0.25, 0.3) is 11.4 Å². The number of carbonyl (C=O) groups is 1. The number of hydrogen-bond donors (Lipinski definition) is 1. The summed E-state index contributed by atoms with van der Waals surface area (Å²) in [4.78, 5) is 23.0. The van der Waals surface area contributed by atoms with Gasteiger partial charge in [-0.05, 0) is 44.0 Å². The summed E-state index contributed by atoms with van der Waals surface area (Å²) in [6.07, 6.45) is 4.07. The Kier molecular flexibility index (Phi) is 4.39. The van der Waals surface area contributed by atoms with E-state index in [1.807, 2.05) is 25.1 Å². The second-order valence-electron chi connectivity index (χ2n) is 6.22. The zero-order chi connectivity index (χ0) is 17.9. The molecular weight excluding hydrogens is 334 g/mol. The van der Waals surface area contributed by atoms with Crippen LogP contribution in [0.4, 0.5) is 5.82 Å². The summed E-state index contributed by atoms with van der Waals surface area (Å²) in [5.41, 5.74) is 0.770. The third-order valence-corrected chi connectivity index (χ3v) is 4.27. The van der Waals surface area contributed by atoms with Crippen molar-refractivity contribution in [2.45, 2.75) is 26.3 Å². The molecular formula is C18H19N5O3. The molecule has 4 rings (SSSR count). The average Bonchev–Trinajstić information content (AvgIpc) is 3.41. The lowest BCUT2D eigenvalue weighted by Gasteiger charge is -2.16. The molecule has 4 heterocycles. The van der Waals surface area contributed by atoms with Crippen molar-refractivity contribution in [1.82, 2.24) is 20.4 Å². The highest BCUT2D eigenvalue weighted by Gasteiger charge is 2.18. The van der Waals surface area contributed by atoms with Crippen molar-refractivity contribution in [1.29, 1.82) is 0 Å². The molecule has 8 heteroatoms. The van der Waals surface area contributed by atoms with E-state index in [-0.39, 0.29) is 12.4 Å². The first-order valence-electron chi connectivity index (χ1n) is 8.57. The normalized spacial score (nSPS) is 14.0. The van der Waals surface area contributed by atoms with Gasteiger partial charge >= 0.3 is 11.8 Å². The van der Waals surface area contributed by atoms with Gasteiger partial charge in [0.25, 0.3) is 0 Å². The average molecular weight is 353 g/mol. The molecule has 8 nitrogen and oxygen atoms in total. The number of anilines is 1. The van der Waals surface area contributed by atoms with Gasteiger partial charge in [-0.2, -0.15) is 4.98 Å². The van der Waals surface area contributed by atoms with E-state index in [1.165, 1.54) is 12.8 Å². The number of hydrogen-bond acceptors (Lipinski definition) is 7. The summed E-state index contributed by atoms with van der Waals surface area (Å²) in [5.74, 6) is 2.20. The Labute approximate surface area is 150 Å². The van der Waals surface area contributed by atoms with Crippen molar-refractivity contribution in [3.05, 3.63) is 47.9 Å². The van der Waals surface area contributed by atoms with Crippen molar-refractivity contribution < 1.29 is 13.7 Å². The van der Waals surface area contributed by atoms with Crippen molar-refractivity contribution >= 4 is 11.7 Å². The first kappa shape index (κ1) is 16.3. The third kappa shape index (κ3) is 3.44. The number of pyridine rings is 1. The Hall–Kier alpha value is -3.16. The van der Waals surface area contributed by atoms with Crippen LogP contribution in [-0.2, 0) is 6.54 Å². The lowest BCUT2D eigenvalue weighted by atomic mass is 10.2. The largest absolute Gasteiger partial charge is 0.465 e. The SMILES string of the molecule is Cc1ccc(CNC(=O)c2nc(-c3ccnc(N4CCCC4)c3)no2)o1. The summed E-state index contributed by atoms with van der Waals surface area (Å²) in [5, 5.41) is 6.62. The van der Waals surface area contributed by atoms with Crippen molar-refractivity contribution in [3.8, 4) is 11.4 Å². The van der Waals surface area contributed by atoms with E-state index in [4.69, 9.17) is 8.94 Å². The fourth-order valence-electron chi connectivity index (χ4n) is 2.93. The standard InChI is InChI=1S/C18H19N5O3/c1-12-4-5-14(25-12)11-20-17(24)18-21-16(22-26-18)13-6-7-19-15(10-13)23-8-2-3-9-23/h4-7,10H,2-3,8-9,11H2,1H3,(H,20,24). The number of carbonyl (C=O) groups excluding carboxylic acids is 1. The van der Waals surface area contributed by atoms with E-state index in [0.29, 0.717) is 11.6 Å². The zero-order valence-electron chi connectivity index (χ0n) is 14.4. The topological polar surface area (TPSA) is 97.3 Å². The predicted molar refractivity (Wildman–Crippen MR) is 93.6 cm³/mol. The Bertz CT molecular complexity index is 911. The second-order valence-corrected chi connectivity index (χ2v) is 6.22. The van der Waals surface area contributed by atoms with Crippen LogP contribution in [-0.4, -0.2) is 34.1 Å². The fraction of sp³-hybridized carbons (Fsp3) is 0.333. The van der Waals surface area contributed by atoms with Gasteiger partial charge in [-0.15, -0.1) is 0 Å². The number of aromatic nitrogens is 3. The van der Waals surface area contributed by atoms with E-state index in [9.17, 15) is 4.79 Å². The van der Waals surface area contributed by atoms with Crippen molar-refractivity contribution in [2.24, 2.45) is 0 Å². The lowest BCUT2D eigenvalue weighted by Crippen LogP contribution is -2.22. The Balaban J connectivity index is 1.45. The smallest absolute Gasteiger partial charge is 0.316 e. The minimum atomic E-state index is -0.438. The number of nitrogens with one attached hydrogen (secondary N) is 1. The third-order valence-electron chi connectivity index (χ3n) is 4.27. The van der Waals surface area contributed by atoms with Gasteiger partial charge < -0.3 is 19.2 Å². The van der Waals surface area contributed by atoms with Gasteiger partial charge in [-0.3, -0.25) is 4.79 Å². The van der Waals surface area contributed by atoms with Crippen LogP contribution < -0.4 is 10.2 Å². The van der Waals surface area contributed by atoms with Gasteiger partial charge in [-0.25, -0.2) is 4.98 Å². The maximum absolute atomic E-state index is 12.2. The highest BCUT2D eigenvalue weighted by molar-refractivity contribution is 5.89. The van der Waals surface area contributed by atoms with Gasteiger partial charge in [0.15, 0.2) is 0 Å². The lowest BCUT2D eigenvalue weighted by molar-refractivity contribution is 0.0904. The monoisotopic (exact) mass is 353 g/mol. The van der Waals surface area contributed by atoms with Crippen LogP contribution in [0, 0.1) is 6.92 Å². The number of nitrogens with zero attached hydrogens (tertiary/aromatic N) is 4. The molecule has 1 aliphatic heterocycles. The summed E-state index contributed by atoms with van der Waals surface area (Å²) >= 11 is 0. The molecule has 1 N–H and O–H groups in total. The van der Waals surface area contributed by atoms with Gasteiger partial charge in [0, 0.05) is 24.8 Å². The van der Waals surface area contributed by atoms with Gasteiger partial charge in [0.2, 0.25) is 5.82 Å². The minimum Gasteiger partial charge on any atom is -0.465 e. The summed E-state index contributed by atoms with van der Waals surface area (Å²) in [6, 6.07) is 7.38. The molecule has 26 heavy (non-hydrogen) atoms. The second kappa shape index (κ2) is 6.99. The molecule has 1 saturated heterocycles. The molecule has 3 aromatic rings. The summed E-state index contributed by atoms with van der Waals surface area (Å²) in [6.45, 7) is 4.12. The van der Waals surface area contributed by atoms with E-state index in [2.05, 4.69) is 25.3 Å². The minimum absolute atomic E-state index is 0.0807. The predicted octanol–water partition coefficient (Wildman–Crippen LogP) is 2.56. The molecule has 0 radical (unpaired) electrons. The summed E-state index contributed by atoms with van der Waals surface area (Å²) < 4.78 is 10.5. The van der Waals surface area contributed by atoms with Crippen molar-refractivity contribution in [3.63, 3.8) is 0 Å². The van der Waals surface area contributed by atoms with Crippen molar-refractivity contribution in [2.75, 3.05) is 18.0 Å². The molecule has 0 aliphatic carbocycles. The summed E-state index contributed by atoms with van der Waals surface area (Å²) in [7, 11) is 0. The number of aryl methyl sites for hydroxylation is 1. The quantitative estimate of drug-likeness (QED) is 0.753. The van der Waals surface area contributed by atoms with Crippen LogP contribution in [0.2, 0.25) is 0 Å². The van der Waals surface area contributed by atoms with E-state index in [1.54, 1.807) is 12.3 Å². The van der Waals surface area contributed by atoms with Gasteiger partial charge in [-0.1, -0.05) is 5.16 Å². The molecule has 1 fully saturated rings. The molecule has 0 spiro atoms. The van der Waals surface area contributed by atoms with Crippen LogP contribution in [0.15, 0.2) is 39.4 Å². The maximum Gasteiger partial charge on any atom is 0.316 e. The van der Waals surface area contributed by atoms with Crippen LogP contribution in [0.5, 0.6) is 0 Å². The van der Waals surface area contributed by atoms with Gasteiger partial charge in [0.1, 0.15) is 17.3 Å². The van der Waals surface area contributed by atoms with Gasteiger partial charge in [0.05, 0.1) is 6.54 Å². The zero-order valence-corrected chi connectivity index (χ0v) is 14.4. The molecule has 3 aromatic heterocycles. The maximum atomic E-state index is 12.2.